The highest BCUT2D eigenvalue weighted by atomic mass is 32.1. The lowest BCUT2D eigenvalue weighted by Crippen LogP contribution is -2.45. The number of aromatic nitrogens is 1. The summed E-state index contributed by atoms with van der Waals surface area (Å²) in [4.78, 5) is 19.4. The third kappa shape index (κ3) is 3.92. The molecule has 2 saturated heterocycles. The van der Waals surface area contributed by atoms with Gasteiger partial charge >= 0.3 is 0 Å². The average molecular weight is 357 g/mol. The zero-order valence-electron chi connectivity index (χ0n) is 14.4. The van der Waals surface area contributed by atoms with Gasteiger partial charge in [-0.05, 0) is 13.3 Å². The zero-order valence-corrected chi connectivity index (χ0v) is 15.2. The van der Waals surface area contributed by atoms with E-state index in [2.05, 4.69) is 22.1 Å². The molecule has 5 nitrogen and oxygen atoms in total. The molecule has 0 spiro atoms. The van der Waals surface area contributed by atoms with Gasteiger partial charge in [-0.1, -0.05) is 30.3 Å². The predicted molar refractivity (Wildman–Crippen MR) is 98.6 cm³/mol. The number of carbonyl (C=O) groups excluding carboxylic acids is 1. The van der Waals surface area contributed by atoms with E-state index in [1.165, 1.54) is 0 Å². The molecular formula is C19H23N3O2S. The maximum Gasteiger partial charge on any atom is 0.226 e. The molecule has 25 heavy (non-hydrogen) atoms. The number of carbonyl (C=O) groups is 1. The van der Waals surface area contributed by atoms with E-state index in [4.69, 9.17) is 4.74 Å². The summed E-state index contributed by atoms with van der Waals surface area (Å²) in [5.41, 5.74) is 1.94. The number of fused-ring (bicyclic) bond motifs is 1. The van der Waals surface area contributed by atoms with Crippen LogP contribution in [0.15, 0.2) is 35.7 Å². The van der Waals surface area contributed by atoms with E-state index in [9.17, 15) is 4.79 Å². The van der Waals surface area contributed by atoms with Crippen molar-refractivity contribution >= 4 is 17.2 Å². The van der Waals surface area contributed by atoms with E-state index in [1.807, 2.05) is 35.7 Å². The van der Waals surface area contributed by atoms with Crippen LogP contribution in [-0.2, 0) is 16.0 Å². The first-order chi connectivity index (χ1) is 12.2. The van der Waals surface area contributed by atoms with Gasteiger partial charge < -0.3 is 10.1 Å². The Labute approximate surface area is 152 Å². The van der Waals surface area contributed by atoms with Crippen molar-refractivity contribution in [2.24, 2.45) is 0 Å². The van der Waals surface area contributed by atoms with Crippen molar-refractivity contribution in [2.75, 3.05) is 19.7 Å². The monoisotopic (exact) mass is 357 g/mol. The van der Waals surface area contributed by atoms with Gasteiger partial charge in [0, 0.05) is 36.1 Å². The topological polar surface area (TPSA) is 54.5 Å². The van der Waals surface area contributed by atoms with Gasteiger partial charge in [0.15, 0.2) is 0 Å². The summed E-state index contributed by atoms with van der Waals surface area (Å²) in [6.45, 7) is 4.77. The van der Waals surface area contributed by atoms with E-state index >= 15 is 0 Å². The normalized spacial score (nSPS) is 26.4. The van der Waals surface area contributed by atoms with Crippen LogP contribution in [-0.4, -0.2) is 53.7 Å². The number of ether oxygens (including phenoxy) is 1. The van der Waals surface area contributed by atoms with Gasteiger partial charge in [-0.15, -0.1) is 11.3 Å². The summed E-state index contributed by atoms with van der Waals surface area (Å²) in [6, 6.07) is 10.8. The highest BCUT2D eigenvalue weighted by molar-refractivity contribution is 7.13. The maximum absolute atomic E-state index is 12.4. The molecule has 1 N–H and O–H groups in total. The number of rotatable bonds is 4. The summed E-state index contributed by atoms with van der Waals surface area (Å²) < 4.78 is 5.72. The zero-order chi connectivity index (χ0) is 17.2. The molecule has 2 aliphatic rings. The number of morpholine rings is 1. The van der Waals surface area contributed by atoms with E-state index in [0.29, 0.717) is 12.5 Å². The molecule has 0 saturated carbocycles. The molecule has 6 heteroatoms. The Morgan fingerprint density at radius 1 is 1.36 bits per heavy atom. The SMILES string of the molecule is C[C@@H]1CN2C[C@H](NC(=O)Cc3csc(-c4ccccc4)n3)C[C@H]2CO1. The Morgan fingerprint density at radius 2 is 2.20 bits per heavy atom. The van der Waals surface area contributed by atoms with E-state index < -0.39 is 0 Å². The van der Waals surface area contributed by atoms with Gasteiger partial charge in [-0.2, -0.15) is 0 Å². The number of benzene rings is 1. The Balaban J connectivity index is 1.32. The van der Waals surface area contributed by atoms with Gasteiger partial charge in [0.05, 0.1) is 24.8 Å². The third-order valence-electron chi connectivity index (χ3n) is 4.87. The quantitative estimate of drug-likeness (QED) is 0.912. The van der Waals surface area contributed by atoms with Crippen molar-refractivity contribution in [1.82, 2.24) is 15.2 Å². The smallest absolute Gasteiger partial charge is 0.226 e. The lowest BCUT2D eigenvalue weighted by molar-refractivity contribution is -0.121. The van der Waals surface area contributed by atoms with Crippen LogP contribution in [0, 0.1) is 0 Å². The molecule has 1 aromatic carbocycles. The van der Waals surface area contributed by atoms with Crippen LogP contribution in [0.2, 0.25) is 0 Å². The molecule has 1 aromatic heterocycles. The lowest BCUT2D eigenvalue weighted by atomic mass is 10.1. The highest BCUT2D eigenvalue weighted by Crippen LogP contribution is 2.25. The Hall–Kier alpha value is -1.76. The first kappa shape index (κ1) is 16.7. The van der Waals surface area contributed by atoms with Crippen LogP contribution in [0.3, 0.4) is 0 Å². The van der Waals surface area contributed by atoms with Gasteiger partial charge in [-0.3, -0.25) is 9.69 Å². The molecule has 2 aromatic rings. The van der Waals surface area contributed by atoms with Crippen molar-refractivity contribution in [3.8, 4) is 10.6 Å². The molecule has 4 rings (SSSR count). The van der Waals surface area contributed by atoms with Crippen LogP contribution < -0.4 is 5.32 Å². The number of hydrogen-bond acceptors (Lipinski definition) is 5. The van der Waals surface area contributed by atoms with Crippen LogP contribution in [0.4, 0.5) is 0 Å². The fraction of sp³-hybridized carbons (Fsp3) is 0.474. The fourth-order valence-electron chi connectivity index (χ4n) is 3.69. The van der Waals surface area contributed by atoms with E-state index in [1.54, 1.807) is 11.3 Å². The van der Waals surface area contributed by atoms with Crippen molar-refractivity contribution in [3.63, 3.8) is 0 Å². The highest BCUT2D eigenvalue weighted by Gasteiger charge is 2.36. The summed E-state index contributed by atoms with van der Waals surface area (Å²) in [5, 5.41) is 6.12. The molecule has 2 aliphatic heterocycles. The number of nitrogens with zero attached hydrogens (tertiary/aromatic N) is 2. The van der Waals surface area contributed by atoms with Gasteiger partial charge in [0.25, 0.3) is 0 Å². The van der Waals surface area contributed by atoms with Crippen LogP contribution in [0.25, 0.3) is 10.6 Å². The standard InChI is InChI=1S/C19H23N3O2S/c1-13-9-22-10-15(7-17(22)11-24-13)20-18(23)8-16-12-25-19(21-16)14-5-3-2-4-6-14/h2-6,12-13,15,17H,7-11H2,1H3,(H,20,23)/t13-,15-,17+/m1/s1. The second-order valence-electron chi connectivity index (χ2n) is 6.94. The van der Waals surface area contributed by atoms with Crippen LogP contribution in [0.5, 0.6) is 0 Å². The molecule has 3 heterocycles. The molecule has 3 atom stereocenters. The van der Waals surface area contributed by atoms with Gasteiger partial charge in [0.2, 0.25) is 5.91 Å². The summed E-state index contributed by atoms with van der Waals surface area (Å²) in [7, 11) is 0. The largest absolute Gasteiger partial charge is 0.376 e. The molecule has 2 fully saturated rings. The summed E-state index contributed by atoms with van der Waals surface area (Å²) in [5.74, 6) is 0.0590. The Kier molecular flexibility index (Phi) is 4.83. The minimum Gasteiger partial charge on any atom is -0.376 e. The Bertz CT molecular complexity index is 733. The van der Waals surface area contributed by atoms with Crippen LogP contribution in [0.1, 0.15) is 19.0 Å². The van der Waals surface area contributed by atoms with Crippen molar-refractivity contribution in [2.45, 2.75) is 38.0 Å². The predicted octanol–water partition coefficient (Wildman–Crippen LogP) is 2.33. The minimum absolute atomic E-state index is 0.0590. The second kappa shape index (κ2) is 7.23. The minimum atomic E-state index is 0.0590. The Morgan fingerprint density at radius 3 is 3.04 bits per heavy atom. The first-order valence-corrected chi connectivity index (χ1v) is 9.70. The van der Waals surface area contributed by atoms with Gasteiger partial charge in [-0.25, -0.2) is 4.98 Å². The molecule has 1 amide bonds. The number of hydrogen-bond donors (Lipinski definition) is 1. The molecular weight excluding hydrogens is 334 g/mol. The van der Waals surface area contributed by atoms with E-state index in [0.717, 1.165) is 42.4 Å². The lowest BCUT2D eigenvalue weighted by Gasteiger charge is -2.33. The maximum atomic E-state index is 12.4. The molecule has 0 unspecified atom stereocenters. The average Bonchev–Trinajstić information content (AvgIpc) is 3.21. The molecule has 0 bridgehead atoms. The van der Waals surface area contributed by atoms with Crippen molar-refractivity contribution < 1.29 is 9.53 Å². The van der Waals surface area contributed by atoms with Crippen molar-refractivity contribution in [3.05, 3.63) is 41.4 Å². The van der Waals surface area contributed by atoms with E-state index in [-0.39, 0.29) is 18.1 Å². The summed E-state index contributed by atoms with van der Waals surface area (Å²) >= 11 is 1.59. The number of thiazole rings is 1. The summed E-state index contributed by atoms with van der Waals surface area (Å²) in [6.07, 6.45) is 1.61. The van der Waals surface area contributed by atoms with Gasteiger partial charge in [0.1, 0.15) is 5.01 Å². The number of nitrogens with one attached hydrogen (secondary N) is 1. The number of amides is 1. The van der Waals surface area contributed by atoms with Crippen molar-refractivity contribution in [1.29, 1.82) is 0 Å². The fourth-order valence-corrected chi connectivity index (χ4v) is 4.51. The molecule has 0 radical (unpaired) electrons. The second-order valence-corrected chi connectivity index (χ2v) is 7.80. The molecule has 0 aliphatic carbocycles. The van der Waals surface area contributed by atoms with Crippen LogP contribution >= 0.6 is 11.3 Å². The first-order valence-electron chi connectivity index (χ1n) is 8.82. The molecule has 132 valence electrons. The third-order valence-corrected chi connectivity index (χ3v) is 5.81.